The van der Waals surface area contributed by atoms with Crippen LogP contribution in [0.3, 0.4) is 0 Å². The van der Waals surface area contributed by atoms with Crippen LogP contribution in [-0.4, -0.2) is 30.4 Å². The molecule has 0 atom stereocenters. The van der Waals surface area contributed by atoms with Gasteiger partial charge in [0.05, 0.1) is 11.7 Å². The lowest BCUT2D eigenvalue weighted by molar-refractivity contribution is -0.120. The Hall–Kier alpha value is -1.43. The molecule has 1 heterocycles. The summed E-state index contributed by atoms with van der Waals surface area (Å²) in [6.07, 6.45) is 1.79. The Balaban J connectivity index is 2.26. The van der Waals surface area contributed by atoms with Crippen LogP contribution in [-0.2, 0) is 4.79 Å². The smallest absolute Gasteiger partial charge is 0.263 e. The van der Waals surface area contributed by atoms with E-state index in [0.717, 1.165) is 0 Å². The van der Waals surface area contributed by atoms with Gasteiger partial charge in [-0.1, -0.05) is 0 Å². The Morgan fingerprint density at radius 1 is 1.57 bits per heavy atom. The number of amides is 2. The van der Waals surface area contributed by atoms with E-state index in [1.54, 1.807) is 12.6 Å². The van der Waals surface area contributed by atoms with Gasteiger partial charge in [-0.2, -0.15) is 0 Å². The molecule has 6 heteroatoms. The van der Waals surface area contributed by atoms with Gasteiger partial charge in [0.15, 0.2) is 0 Å². The Kier molecular flexibility index (Phi) is 4.06. The Morgan fingerprint density at radius 2 is 2.36 bits per heavy atom. The summed E-state index contributed by atoms with van der Waals surface area (Å²) in [7, 11) is 1.56. The molecule has 0 radical (unpaired) electrons. The Morgan fingerprint density at radius 3 is 2.93 bits per heavy atom. The van der Waals surface area contributed by atoms with Crippen LogP contribution in [0.4, 0.5) is 0 Å². The quantitative estimate of drug-likeness (QED) is 0.740. The Labute approximate surface area is 85.5 Å². The van der Waals surface area contributed by atoms with Gasteiger partial charge in [0.25, 0.3) is 5.91 Å². The van der Waals surface area contributed by atoms with E-state index in [9.17, 15) is 9.59 Å². The number of aromatic nitrogens is 1. The lowest BCUT2D eigenvalue weighted by atomic mass is 10.4. The summed E-state index contributed by atoms with van der Waals surface area (Å²) in [6.45, 7) is 0.344. The molecular formula is C8H11N3O2S. The lowest BCUT2D eigenvalue weighted by Crippen LogP contribution is -2.28. The van der Waals surface area contributed by atoms with E-state index < -0.39 is 0 Å². The van der Waals surface area contributed by atoms with Crippen molar-refractivity contribution in [3.63, 3.8) is 0 Å². The second-order valence-corrected chi connectivity index (χ2v) is 3.43. The molecule has 1 aromatic rings. The molecular weight excluding hydrogens is 202 g/mol. The second kappa shape index (κ2) is 5.33. The summed E-state index contributed by atoms with van der Waals surface area (Å²) in [5.41, 5.74) is 1.59. The molecule has 1 rings (SSSR count). The fraction of sp³-hybridized carbons (Fsp3) is 0.375. The maximum Gasteiger partial charge on any atom is 0.263 e. The van der Waals surface area contributed by atoms with E-state index >= 15 is 0 Å². The summed E-state index contributed by atoms with van der Waals surface area (Å²) in [6, 6.07) is 0. The van der Waals surface area contributed by atoms with Crippen LogP contribution in [0.5, 0.6) is 0 Å². The average molecular weight is 213 g/mol. The number of hydrogen-bond donors (Lipinski definition) is 2. The van der Waals surface area contributed by atoms with Crippen molar-refractivity contribution in [1.82, 2.24) is 15.6 Å². The fourth-order valence-corrected chi connectivity index (χ4v) is 1.37. The second-order valence-electron chi connectivity index (χ2n) is 2.54. The van der Waals surface area contributed by atoms with Crippen LogP contribution < -0.4 is 10.6 Å². The number of hydrogen-bond acceptors (Lipinski definition) is 4. The molecule has 0 saturated carbocycles. The van der Waals surface area contributed by atoms with Crippen LogP contribution in [0, 0.1) is 0 Å². The first-order valence-electron chi connectivity index (χ1n) is 4.11. The molecule has 0 saturated heterocycles. The van der Waals surface area contributed by atoms with Crippen molar-refractivity contribution in [2.75, 3.05) is 13.6 Å². The first kappa shape index (κ1) is 10.6. The van der Waals surface area contributed by atoms with E-state index in [4.69, 9.17) is 0 Å². The zero-order chi connectivity index (χ0) is 10.4. The first-order chi connectivity index (χ1) is 6.74. The maximum atomic E-state index is 11.3. The maximum absolute atomic E-state index is 11.3. The number of carbonyl (C=O) groups is 2. The summed E-state index contributed by atoms with van der Waals surface area (Å²) < 4.78 is 0. The van der Waals surface area contributed by atoms with Crippen molar-refractivity contribution in [2.45, 2.75) is 6.42 Å². The predicted molar refractivity (Wildman–Crippen MR) is 53.1 cm³/mol. The zero-order valence-electron chi connectivity index (χ0n) is 7.74. The minimum Gasteiger partial charge on any atom is -0.359 e. The molecule has 0 aliphatic carbocycles. The van der Waals surface area contributed by atoms with Crippen LogP contribution in [0.2, 0.25) is 0 Å². The van der Waals surface area contributed by atoms with Gasteiger partial charge >= 0.3 is 0 Å². The van der Waals surface area contributed by atoms with Crippen molar-refractivity contribution in [3.05, 3.63) is 16.6 Å². The van der Waals surface area contributed by atoms with E-state index in [1.807, 2.05) is 0 Å². The number of nitrogens with zero attached hydrogens (tertiary/aromatic N) is 1. The van der Waals surface area contributed by atoms with Gasteiger partial charge in [-0.25, -0.2) is 0 Å². The number of nitrogens with one attached hydrogen (secondary N) is 2. The van der Waals surface area contributed by atoms with Crippen LogP contribution in [0.25, 0.3) is 0 Å². The summed E-state index contributed by atoms with van der Waals surface area (Å²) in [5.74, 6) is -0.272. The molecule has 0 unspecified atom stereocenters. The molecule has 0 aromatic carbocycles. The van der Waals surface area contributed by atoms with Crippen LogP contribution >= 0.6 is 11.3 Å². The monoisotopic (exact) mass is 213 g/mol. The highest BCUT2D eigenvalue weighted by molar-refractivity contribution is 7.11. The van der Waals surface area contributed by atoms with Gasteiger partial charge in [0, 0.05) is 20.0 Å². The first-order valence-corrected chi connectivity index (χ1v) is 4.99. The van der Waals surface area contributed by atoms with E-state index in [-0.39, 0.29) is 11.8 Å². The molecule has 0 spiro atoms. The molecule has 76 valence electrons. The van der Waals surface area contributed by atoms with Crippen molar-refractivity contribution in [1.29, 1.82) is 0 Å². The summed E-state index contributed by atoms with van der Waals surface area (Å²) >= 11 is 1.27. The molecule has 0 aliphatic rings. The molecule has 0 fully saturated rings. The van der Waals surface area contributed by atoms with Crippen molar-refractivity contribution >= 4 is 23.2 Å². The lowest BCUT2D eigenvalue weighted by Gasteiger charge is -2.01. The standard InChI is InChI=1S/C8H11N3O2S/c1-9-7(12)2-3-11-8(13)6-4-10-5-14-6/h4-5H,2-3H2,1H3,(H,9,12)(H,11,13). The third-order valence-corrected chi connectivity index (χ3v) is 2.34. The van der Waals surface area contributed by atoms with Gasteiger partial charge < -0.3 is 10.6 Å². The minimum absolute atomic E-state index is 0.0883. The molecule has 0 bridgehead atoms. The van der Waals surface area contributed by atoms with Gasteiger partial charge in [0.1, 0.15) is 4.88 Å². The largest absolute Gasteiger partial charge is 0.359 e. The predicted octanol–water partition coefficient (Wildman–Crippen LogP) is 0.00900. The molecule has 2 amide bonds. The van der Waals surface area contributed by atoms with Gasteiger partial charge in [-0.15, -0.1) is 11.3 Å². The number of carbonyl (C=O) groups excluding carboxylic acids is 2. The topological polar surface area (TPSA) is 71.1 Å². The Bertz CT molecular complexity index is 310. The van der Waals surface area contributed by atoms with E-state index in [0.29, 0.717) is 17.8 Å². The molecule has 5 nitrogen and oxygen atoms in total. The fourth-order valence-electron chi connectivity index (χ4n) is 0.830. The highest BCUT2D eigenvalue weighted by Crippen LogP contribution is 2.04. The molecule has 1 aromatic heterocycles. The van der Waals surface area contributed by atoms with Crippen LogP contribution in [0.1, 0.15) is 16.1 Å². The molecule has 2 N–H and O–H groups in total. The highest BCUT2D eigenvalue weighted by Gasteiger charge is 2.06. The number of rotatable bonds is 4. The van der Waals surface area contributed by atoms with Crippen molar-refractivity contribution in [3.8, 4) is 0 Å². The average Bonchev–Trinajstić information content (AvgIpc) is 2.70. The normalized spacial score (nSPS) is 9.50. The molecule has 0 aliphatic heterocycles. The third-order valence-electron chi connectivity index (χ3n) is 1.57. The molecule has 14 heavy (non-hydrogen) atoms. The number of thiazole rings is 1. The third kappa shape index (κ3) is 3.14. The van der Waals surface area contributed by atoms with Crippen molar-refractivity contribution < 1.29 is 9.59 Å². The van der Waals surface area contributed by atoms with Gasteiger partial charge in [-0.05, 0) is 0 Å². The van der Waals surface area contributed by atoms with E-state index in [2.05, 4.69) is 15.6 Å². The van der Waals surface area contributed by atoms with Crippen LogP contribution in [0.15, 0.2) is 11.7 Å². The van der Waals surface area contributed by atoms with Gasteiger partial charge in [-0.3, -0.25) is 14.6 Å². The minimum atomic E-state index is -0.184. The van der Waals surface area contributed by atoms with Crippen molar-refractivity contribution in [2.24, 2.45) is 0 Å². The summed E-state index contributed by atoms with van der Waals surface area (Å²) in [4.78, 5) is 26.4. The zero-order valence-corrected chi connectivity index (χ0v) is 8.56. The summed E-state index contributed by atoms with van der Waals surface area (Å²) in [5, 5.41) is 5.09. The van der Waals surface area contributed by atoms with E-state index in [1.165, 1.54) is 17.5 Å². The van der Waals surface area contributed by atoms with Gasteiger partial charge in [0.2, 0.25) is 5.91 Å². The SMILES string of the molecule is CNC(=O)CCNC(=O)c1cncs1. The highest BCUT2D eigenvalue weighted by atomic mass is 32.1.